The number of methoxy groups -OCH3 is 1. The Morgan fingerprint density at radius 2 is 2.00 bits per heavy atom. The van der Waals surface area contributed by atoms with Crippen molar-refractivity contribution >= 4 is 0 Å². The minimum Gasteiger partial charge on any atom is -0.496 e. The Hall–Kier alpha value is -1.67. The van der Waals surface area contributed by atoms with Crippen LogP contribution in [0, 0.1) is 19.3 Å². The lowest BCUT2D eigenvalue weighted by atomic mass is 9.88. The molecule has 1 unspecified atom stereocenters. The van der Waals surface area contributed by atoms with Gasteiger partial charge in [-0.2, -0.15) is 13.2 Å². The van der Waals surface area contributed by atoms with Crippen LogP contribution in [0.15, 0.2) is 18.2 Å². The molecule has 98 valence electrons. The molecule has 1 aromatic carbocycles. The monoisotopic (exact) mass is 258 g/mol. The van der Waals surface area contributed by atoms with Crippen LogP contribution in [0.25, 0.3) is 0 Å². The van der Waals surface area contributed by atoms with Gasteiger partial charge in [-0.25, -0.2) is 0 Å². The first kappa shape index (κ1) is 14.4. The van der Waals surface area contributed by atoms with Crippen molar-refractivity contribution in [1.29, 1.82) is 0 Å². The molecule has 0 aliphatic heterocycles. The SMILES string of the molecule is C#CCC(O)(c1cc(C)ccc1OC)C(F)(F)F. The van der Waals surface area contributed by atoms with E-state index in [-0.39, 0.29) is 11.3 Å². The van der Waals surface area contributed by atoms with Gasteiger partial charge in [0.15, 0.2) is 5.60 Å². The van der Waals surface area contributed by atoms with Crippen LogP contribution in [0.2, 0.25) is 0 Å². The number of ether oxygens (including phenoxy) is 1. The van der Waals surface area contributed by atoms with E-state index in [1.807, 2.05) is 5.92 Å². The quantitative estimate of drug-likeness (QED) is 0.845. The summed E-state index contributed by atoms with van der Waals surface area (Å²) in [6, 6.07) is 4.19. The third-order valence-electron chi connectivity index (χ3n) is 2.63. The minimum atomic E-state index is -4.87. The Morgan fingerprint density at radius 3 is 2.44 bits per heavy atom. The first-order valence-corrected chi connectivity index (χ1v) is 5.14. The van der Waals surface area contributed by atoms with E-state index in [0.29, 0.717) is 5.56 Å². The zero-order chi connectivity index (χ0) is 14.0. The van der Waals surface area contributed by atoms with Gasteiger partial charge in [-0.05, 0) is 19.1 Å². The van der Waals surface area contributed by atoms with Gasteiger partial charge in [0.1, 0.15) is 5.75 Å². The number of hydrogen-bond acceptors (Lipinski definition) is 2. The van der Waals surface area contributed by atoms with Crippen LogP contribution in [0.3, 0.4) is 0 Å². The van der Waals surface area contributed by atoms with Crippen molar-refractivity contribution in [3.05, 3.63) is 29.3 Å². The summed E-state index contributed by atoms with van der Waals surface area (Å²) in [6.45, 7) is 1.62. The molecule has 5 heteroatoms. The number of halogens is 3. The minimum absolute atomic E-state index is 0.0457. The molecule has 0 amide bonds. The average molecular weight is 258 g/mol. The maximum atomic E-state index is 13.0. The Bertz CT molecular complexity index is 474. The maximum absolute atomic E-state index is 13.0. The van der Waals surface area contributed by atoms with Crippen LogP contribution in [0.1, 0.15) is 17.5 Å². The highest BCUT2D eigenvalue weighted by molar-refractivity contribution is 5.42. The number of benzene rings is 1. The van der Waals surface area contributed by atoms with Gasteiger partial charge in [-0.15, -0.1) is 12.3 Å². The fraction of sp³-hybridized carbons (Fsp3) is 0.385. The molecule has 0 radical (unpaired) electrons. The van der Waals surface area contributed by atoms with Crippen LogP contribution in [0.5, 0.6) is 5.75 Å². The summed E-state index contributed by atoms with van der Waals surface area (Å²) in [5.74, 6) is 1.81. The lowest BCUT2D eigenvalue weighted by molar-refractivity contribution is -0.265. The zero-order valence-electron chi connectivity index (χ0n) is 10.0. The van der Waals surface area contributed by atoms with Gasteiger partial charge in [0.05, 0.1) is 13.5 Å². The number of aryl methyl sites for hydroxylation is 1. The molecule has 0 saturated carbocycles. The molecule has 0 aliphatic rings. The Kier molecular flexibility index (Phi) is 3.92. The third-order valence-corrected chi connectivity index (χ3v) is 2.63. The van der Waals surface area contributed by atoms with Crippen molar-refractivity contribution in [1.82, 2.24) is 0 Å². The van der Waals surface area contributed by atoms with Crippen molar-refractivity contribution in [2.24, 2.45) is 0 Å². The topological polar surface area (TPSA) is 29.5 Å². The van der Waals surface area contributed by atoms with Crippen molar-refractivity contribution in [2.45, 2.75) is 25.1 Å². The molecule has 2 nitrogen and oxygen atoms in total. The van der Waals surface area contributed by atoms with Gasteiger partial charge in [-0.3, -0.25) is 0 Å². The van der Waals surface area contributed by atoms with Gasteiger partial charge in [0, 0.05) is 5.56 Å². The summed E-state index contributed by atoms with van der Waals surface area (Å²) in [6.07, 6.45) is -0.812. The van der Waals surface area contributed by atoms with Gasteiger partial charge < -0.3 is 9.84 Å². The molecule has 1 N–H and O–H groups in total. The molecule has 0 aromatic heterocycles. The van der Waals surface area contributed by atoms with E-state index in [2.05, 4.69) is 0 Å². The van der Waals surface area contributed by atoms with Crippen molar-refractivity contribution in [3.63, 3.8) is 0 Å². The largest absolute Gasteiger partial charge is 0.496 e. The van der Waals surface area contributed by atoms with Gasteiger partial charge in [0.25, 0.3) is 0 Å². The standard InChI is InChI=1S/C13H13F3O2/c1-4-7-12(17,13(14,15)16)10-8-9(2)5-6-11(10)18-3/h1,5-6,8,17H,7H2,2-3H3. The smallest absolute Gasteiger partial charge is 0.422 e. The van der Waals surface area contributed by atoms with E-state index in [0.717, 1.165) is 0 Å². The predicted molar refractivity (Wildman–Crippen MR) is 61.1 cm³/mol. The molecule has 1 atom stereocenters. The van der Waals surface area contributed by atoms with E-state index < -0.39 is 18.2 Å². The van der Waals surface area contributed by atoms with Crippen molar-refractivity contribution < 1.29 is 23.0 Å². The van der Waals surface area contributed by atoms with Crippen LogP contribution >= 0.6 is 0 Å². The number of hydrogen-bond donors (Lipinski definition) is 1. The van der Waals surface area contributed by atoms with Crippen LogP contribution in [-0.4, -0.2) is 18.4 Å². The lowest BCUT2D eigenvalue weighted by Crippen LogP contribution is -2.42. The number of terminal acetylenes is 1. The normalized spacial score (nSPS) is 14.7. The van der Waals surface area contributed by atoms with Gasteiger partial charge >= 0.3 is 6.18 Å². The highest BCUT2D eigenvalue weighted by Crippen LogP contribution is 2.45. The third kappa shape index (κ3) is 2.44. The summed E-state index contributed by atoms with van der Waals surface area (Å²) in [5, 5.41) is 9.91. The van der Waals surface area contributed by atoms with E-state index >= 15 is 0 Å². The lowest BCUT2D eigenvalue weighted by Gasteiger charge is -2.30. The molecule has 0 saturated heterocycles. The second kappa shape index (κ2) is 4.91. The zero-order valence-corrected chi connectivity index (χ0v) is 10.0. The molecular formula is C13H13F3O2. The molecule has 18 heavy (non-hydrogen) atoms. The van der Waals surface area contributed by atoms with Crippen molar-refractivity contribution in [3.8, 4) is 18.1 Å². The molecule has 0 spiro atoms. The molecule has 0 heterocycles. The van der Waals surface area contributed by atoms with Gasteiger partial charge in [-0.1, -0.05) is 11.6 Å². The van der Waals surface area contributed by atoms with E-state index in [1.54, 1.807) is 13.0 Å². The Balaban J connectivity index is 3.48. The molecule has 0 fully saturated rings. The summed E-state index contributed by atoms with van der Waals surface area (Å²) >= 11 is 0. The summed E-state index contributed by atoms with van der Waals surface area (Å²) in [4.78, 5) is 0. The Morgan fingerprint density at radius 1 is 1.39 bits per heavy atom. The first-order chi connectivity index (χ1) is 8.26. The highest BCUT2D eigenvalue weighted by atomic mass is 19.4. The Labute approximate surface area is 103 Å². The van der Waals surface area contributed by atoms with Crippen LogP contribution in [-0.2, 0) is 5.60 Å². The molecule has 1 aromatic rings. The first-order valence-electron chi connectivity index (χ1n) is 5.14. The number of aliphatic hydroxyl groups is 1. The van der Waals surface area contributed by atoms with Crippen molar-refractivity contribution in [2.75, 3.05) is 7.11 Å². The predicted octanol–water partition coefficient (Wildman–Crippen LogP) is 2.78. The molecule has 0 aliphatic carbocycles. The van der Waals surface area contributed by atoms with E-state index in [4.69, 9.17) is 11.2 Å². The summed E-state index contributed by atoms with van der Waals surface area (Å²) in [5.41, 5.74) is -2.89. The average Bonchev–Trinajstić information content (AvgIpc) is 2.27. The summed E-state index contributed by atoms with van der Waals surface area (Å²) < 4.78 is 43.9. The fourth-order valence-corrected chi connectivity index (χ4v) is 1.64. The summed E-state index contributed by atoms with van der Waals surface area (Å²) in [7, 11) is 1.24. The number of alkyl halides is 3. The van der Waals surface area contributed by atoms with Crippen LogP contribution in [0.4, 0.5) is 13.2 Å². The second-order valence-electron chi connectivity index (χ2n) is 3.94. The molecular weight excluding hydrogens is 245 g/mol. The molecule has 0 bridgehead atoms. The van der Waals surface area contributed by atoms with E-state index in [9.17, 15) is 18.3 Å². The fourth-order valence-electron chi connectivity index (χ4n) is 1.64. The number of rotatable bonds is 3. The maximum Gasteiger partial charge on any atom is 0.422 e. The molecule has 1 rings (SSSR count). The van der Waals surface area contributed by atoms with E-state index in [1.165, 1.54) is 19.2 Å². The van der Waals surface area contributed by atoms with Gasteiger partial charge in [0.2, 0.25) is 0 Å². The second-order valence-corrected chi connectivity index (χ2v) is 3.94. The highest BCUT2D eigenvalue weighted by Gasteiger charge is 2.55. The van der Waals surface area contributed by atoms with Crippen LogP contribution < -0.4 is 4.74 Å².